The molecule has 0 unspecified atom stereocenters. The number of nitrogens with one attached hydrogen (secondary N) is 2. The molecule has 1 fully saturated rings. The molecular weight excluding hydrogens is 440 g/mol. The van der Waals surface area contributed by atoms with Crippen LogP contribution in [0.2, 0.25) is 0 Å². The van der Waals surface area contributed by atoms with Crippen LogP contribution in [0, 0.1) is 11.8 Å². The molecule has 33 heavy (non-hydrogen) atoms. The normalized spacial score (nSPS) is 22.6. The van der Waals surface area contributed by atoms with Crippen LogP contribution >= 0.6 is 0 Å². The fourth-order valence-electron chi connectivity index (χ4n) is 4.88. The van der Waals surface area contributed by atoms with Crippen LogP contribution in [0.25, 0.3) is 0 Å². The molecule has 4 rings (SSSR count). The summed E-state index contributed by atoms with van der Waals surface area (Å²) in [7, 11) is -3.65. The number of rotatable bonds is 6. The Hall–Kier alpha value is -2.78. The highest BCUT2D eigenvalue weighted by Crippen LogP contribution is 2.34. The van der Waals surface area contributed by atoms with Gasteiger partial charge in [0.25, 0.3) is 0 Å². The molecule has 2 N–H and O–H groups in total. The number of sulfonamides is 1. The van der Waals surface area contributed by atoms with E-state index in [1.54, 1.807) is 41.6 Å². The molecule has 0 saturated heterocycles. The third-order valence-electron chi connectivity index (χ3n) is 6.62. The molecular formula is C24H30N4O4S. The van der Waals surface area contributed by atoms with E-state index in [0.29, 0.717) is 18.7 Å². The van der Waals surface area contributed by atoms with Crippen LogP contribution in [0.5, 0.6) is 0 Å². The van der Waals surface area contributed by atoms with Crippen LogP contribution in [0.1, 0.15) is 45.1 Å². The number of amides is 2. The van der Waals surface area contributed by atoms with Gasteiger partial charge >= 0.3 is 0 Å². The number of hydrogen-bond acceptors (Lipinski definition) is 5. The lowest BCUT2D eigenvalue weighted by molar-refractivity contribution is -0.121. The lowest BCUT2D eigenvalue weighted by Gasteiger charge is -2.27. The summed E-state index contributed by atoms with van der Waals surface area (Å²) in [5.74, 6) is 0.0829. The van der Waals surface area contributed by atoms with E-state index in [0.717, 1.165) is 36.9 Å². The van der Waals surface area contributed by atoms with Crippen molar-refractivity contribution in [2.75, 3.05) is 16.8 Å². The zero-order valence-electron chi connectivity index (χ0n) is 19.0. The van der Waals surface area contributed by atoms with Gasteiger partial charge in [-0.3, -0.25) is 14.6 Å². The van der Waals surface area contributed by atoms with E-state index in [1.165, 1.54) is 6.92 Å². The summed E-state index contributed by atoms with van der Waals surface area (Å²) in [6.45, 7) is 3.84. The molecule has 0 radical (unpaired) electrons. The van der Waals surface area contributed by atoms with Gasteiger partial charge < -0.3 is 10.2 Å². The van der Waals surface area contributed by atoms with Gasteiger partial charge in [0.1, 0.15) is 0 Å². The number of nitrogens with zero attached hydrogens (tertiary/aromatic N) is 2. The zero-order chi connectivity index (χ0) is 23.6. The van der Waals surface area contributed by atoms with Crippen LogP contribution < -0.4 is 14.9 Å². The Kier molecular flexibility index (Phi) is 6.81. The summed E-state index contributed by atoms with van der Waals surface area (Å²) in [5.41, 5.74) is 2.35. The molecule has 0 bridgehead atoms. The zero-order valence-corrected chi connectivity index (χ0v) is 19.8. The first kappa shape index (κ1) is 23.4. The van der Waals surface area contributed by atoms with E-state index >= 15 is 0 Å². The van der Waals surface area contributed by atoms with E-state index in [-0.39, 0.29) is 34.6 Å². The van der Waals surface area contributed by atoms with Gasteiger partial charge in [-0.25, -0.2) is 13.1 Å². The summed E-state index contributed by atoms with van der Waals surface area (Å²) in [4.78, 5) is 30.3. The minimum absolute atomic E-state index is 0.00555. The third kappa shape index (κ3) is 5.25. The minimum Gasteiger partial charge on any atom is -0.324 e. The van der Waals surface area contributed by atoms with Crippen LogP contribution in [0.15, 0.2) is 47.6 Å². The van der Waals surface area contributed by atoms with Gasteiger partial charge in [0.05, 0.1) is 16.8 Å². The van der Waals surface area contributed by atoms with E-state index in [2.05, 4.69) is 15.0 Å². The van der Waals surface area contributed by atoms with Crippen molar-refractivity contribution in [1.82, 2.24) is 9.71 Å². The van der Waals surface area contributed by atoms with E-state index < -0.39 is 10.0 Å². The first-order valence-corrected chi connectivity index (χ1v) is 12.9. The molecule has 0 spiro atoms. The molecule has 2 aliphatic rings. The van der Waals surface area contributed by atoms with Crippen molar-refractivity contribution in [2.24, 2.45) is 11.8 Å². The van der Waals surface area contributed by atoms with Crippen molar-refractivity contribution in [1.29, 1.82) is 0 Å². The molecule has 2 aromatic rings. The summed E-state index contributed by atoms with van der Waals surface area (Å²) in [5, 5.41) is 2.90. The first-order chi connectivity index (χ1) is 15.7. The largest absolute Gasteiger partial charge is 0.324 e. The summed E-state index contributed by atoms with van der Waals surface area (Å²) in [6.07, 6.45) is 6.98. The predicted octanol–water partition coefficient (Wildman–Crippen LogP) is 3.10. The molecule has 1 aliphatic heterocycles. The lowest BCUT2D eigenvalue weighted by atomic mass is 9.81. The van der Waals surface area contributed by atoms with Crippen molar-refractivity contribution in [2.45, 2.75) is 56.9 Å². The average molecular weight is 471 g/mol. The number of benzene rings is 1. The highest BCUT2D eigenvalue weighted by molar-refractivity contribution is 7.89. The second-order valence-electron chi connectivity index (χ2n) is 9.03. The summed E-state index contributed by atoms with van der Waals surface area (Å²) < 4.78 is 28.5. The van der Waals surface area contributed by atoms with Crippen molar-refractivity contribution >= 4 is 33.2 Å². The molecule has 1 aromatic heterocycles. The van der Waals surface area contributed by atoms with Crippen molar-refractivity contribution < 1.29 is 18.0 Å². The minimum atomic E-state index is -3.65. The Morgan fingerprint density at radius 3 is 2.58 bits per heavy atom. The van der Waals surface area contributed by atoms with Crippen molar-refractivity contribution in [3.8, 4) is 0 Å². The number of carbonyl (C=O) groups excluding carboxylic acids is 2. The molecule has 9 heteroatoms. The maximum absolute atomic E-state index is 12.9. The monoisotopic (exact) mass is 470 g/mol. The number of aromatic nitrogens is 1. The van der Waals surface area contributed by atoms with E-state index in [4.69, 9.17) is 0 Å². The molecule has 1 aromatic carbocycles. The van der Waals surface area contributed by atoms with Gasteiger partial charge in [0.15, 0.2) is 0 Å². The Labute approximate surface area is 194 Å². The lowest BCUT2D eigenvalue weighted by Crippen LogP contribution is -2.34. The third-order valence-corrected chi connectivity index (χ3v) is 8.05. The molecule has 176 valence electrons. The predicted molar refractivity (Wildman–Crippen MR) is 126 cm³/mol. The average Bonchev–Trinajstić information content (AvgIpc) is 3.14. The summed E-state index contributed by atoms with van der Waals surface area (Å²) >= 11 is 0. The van der Waals surface area contributed by atoms with Crippen molar-refractivity contribution in [3.63, 3.8) is 0 Å². The van der Waals surface area contributed by atoms with Crippen LogP contribution in [-0.2, 0) is 26.0 Å². The first-order valence-electron chi connectivity index (χ1n) is 11.4. The molecule has 2 amide bonds. The number of anilines is 2. The second-order valence-corrected chi connectivity index (χ2v) is 10.8. The SMILES string of the molecule is CC(=O)N1c2ccc(S(=O)(=O)NCC3CCC(C(=O)Nc4cccnc4)CC3)cc2C[C@@H]1C. The van der Waals surface area contributed by atoms with Crippen LogP contribution in [0.4, 0.5) is 11.4 Å². The smallest absolute Gasteiger partial charge is 0.240 e. The second kappa shape index (κ2) is 9.61. The van der Waals surface area contributed by atoms with E-state index in [9.17, 15) is 18.0 Å². The fraction of sp³-hybridized carbons (Fsp3) is 0.458. The van der Waals surface area contributed by atoms with Gasteiger partial charge in [0.2, 0.25) is 21.8 Å². The van der Waals surface area contributed by atoms with Crippen molar-refractivity contribution in [3.05, 3.63) is 48.3 Å². The maximum Gasteiger partial charge on any atom is 0.240 e. The Morgan fingerprint density at radius 1 is 1.15 bits per heavy atom. The number of carbonyl (C=O) groups is 2. The Morgan fingerprint density at radius 2 is 1.91 bits per heavy atom. The standard InChI is InChI=1S/C24H30N4O4S/c1-16-12-20-13-22(9-10-23(20)28(16)17(2)29)33(31,32)26-14-18-5-7-19(8-6-18)24(30)27-21-4-3-11-25-15-21/h3-4,9-11,13,15-16,18-19,26H,5-8,12,14H2,1-2H3,(H,27,30)/t16-,18?,19?/m0/s1. The molecule has 1 saturated carbocycles. The molecule has 2 heterocycles. The number of pyridine rings is 1. The van der Waals surface area contributed by atoms with Crippen LogP contribution in [-0.4, -0.2) is 37.8 Å². The van der Waals surface area contributed by atoms with Gasteiger partial charge in [-0.1, -0.05) is 0 Å². The molecule has 8 nitrogen and oxygen atoms in total. The van der Waals surface area contributed by atoms with Gasteiger partial charge in [-0.2, -0.15) is 0 Å². The maximum atomic E-state index is 12.9. The van der Waals surface area contributed by atoms with Gasteiger partial charge in [-0.15, -0.1) is 0 Å². The quantitative estimate of drug-likeness (QED) is 0.674. The van der Waals surface area contributed by atoms with Gasteiger partial charge in [0, 0.05) is 37.3 Å². The summed E-state index contributed by atoms with van der Waals surface area (Å²) in [6, 6.07) is 8.57. The van der Waals surface area contributed by atoms with Crippen LogP contribution in [0.3, 0.4) is 0 Å². The Bertz CT molecular complexity index is 1130. The fourth-order valence-corrected chi connectivity index (χ4v) is 6.04. The number of hydrogen-bond donors (Lipinski definition) is 2. The highest BCUT2D eigenvalue weighted by atomic mass is 32.2. The van der Waals surface area contributed by atoms with Gasteiger partial charge in [-0.05, 0) is 80.8 Å². The molecule has 1 aliphatic carbocycles. The topological polar surface area (TPSA) is 108 Å². The number of fused-ring (bicyclic) bond motifs is 1. The Balaban J connectivity index is 1.30. The highest BCUT2D eigenvalue weighted by Gasteiger charge is 2.31. The van der Waals surface area contributed by atoms with E-state index in [1.807, 2.05) is 13.0 Å². The molecule has 1 atom stereocenters.